The van der Waals surface area contributed by atoms with Crippen molar-refractivity contribution in [2.24, 2.45) is 7.05 Å². The first-order valence-corrected chi connectivity index (χ1v) is 10.3. The van der Waals surface area contributed by atoms with Crippen molar-refractivity contribution in [2.45, 2.75) is 13.0 Å². The van der Waals surface area contributed by atoms with Crippen LogP contribution in [0.4, 0.5) is 13.2 Å². The number of alkyl halides is 2. The molecule has 7 nitrogen and oxygen atoms in total. The molecule has 5 aromatic rings. The monoisotopic (exact) mass is 465 g/mol. The van der Waals surface area contributed by atoms with Crippen molar-refractivity contribution in [1.82, 2.24) is 24.3 Å². The summed E-state index contributed by atoms with van der Waals surface area (Å²) in [5.41, 5.74) is 2.86. The van der Waals surface area contributed by atoms with Crippen molar-refractivity contribution in [3.8, 4) is 28.6 Å². The van der Waals surface area contributed by atoms with E-state index in [0.29, 0.717) is 18.1 Å². The molecule has 34 heavy (non-hydrogen) atoms. The third-order valence-electron chi connectivity index (χ3n) is 5.38. The molecule has 0 saturated heterocycles. The van der Waals surface area contributed by atoms with Crippen LogP contribution in [0.3, 0.4) is 0 Å². The summed E-state index contributed by atoms with van der Waals surface area (Å²) in [6.45, 7) is 0.340. The summed E-state index contributed by atoms with van der Waals surface area (Å²) in [5, 5.41) is 15.2. The van der Waals surface area contributed by atoms with Crippen molar-refractivity contribution in [1.29, 1.82) is 0 Å². The van der Waals surface area contributed by atoms with E-state index in [1.165, 1.54) is 6.33 Å². The summed E-state index contributed by atoms with van der Waals surface area (Å²) in [6.07, 6.45) is 3.75. The topological polar surface area (TPSA) is 78.0 Å². The molecular formula is C24H18F3N5O2. The molecule has 3 aromatic heterocycles. The van der Waals surface area contributed by atoms with Gasteiger partial charge in [0.05, 0.1) is 18.3 Å². The summed E-state index contributed by atoms with van der Waals surface area (Å²) in [4.78, 5) is 8.15. The Hall–Kier alpha value is -4.34. The fourth-order valence-corrected chi connectivity index (χ4v) is 3.65. The third-order valence-corrected chi connectivity index (χ3v) is 5.38. The zero-order valence-electron chi connectivity index (χ0n) is 17.9. The smallest absolute Gasteiger partial charge is 0.263 e. The molecule has 0 radical (unpaired) electrons. The molecule has 0 amide bonds. The zero-order valence-corrected chi connectivity index (χ0v) is 17.9. The van der Waals surface area contributed by atoms with Crippen LogP contribution in [0.5, 0.6) is 17.5 Å². The summed E-state index contributed by atoms with van der Waals surface area (Å²) < 4.78 is 48.7. The van der Waals surface area contributed by atoms with Gasteiger partial charge in [0.2, 0.25) is 11.8 Å². The Labute approximate surface area is 191 Å². The minimum Gasteiger partial charge on any atom is -0.494 e. The fourth-order valence-electron chi connectivity index (χ4n) is 3.65. The van der Waals surface area contributed by atoms with E-state index in [-0.39, 0.29) is 22.9 Å². The van der Waals surface area contributed by atoms with Gasteiger partial charge in [0.15, 0.2) is 11.6 Å². The number of hydrogen-bond donors (Lipinski definition) is 1. The summed E-state index contributed by atoms with van der Waals surface area (Å²) in [6, 6.07) is 10.7. The average Bonchev–Trinajstić information content (AvgIpc) is 3.39. The predicted molar refractivity (Wildman–Crippen MR) is 118 cm³/mol. The molecule has 0 bridgehead atoms. The van der Waals surface area contributed by atoms with E-state index in [9.17, 15) is 18.3 Å². The molecule has 0 fully saturated rings. The number of aromatic nitrogens is 5. The zero-order chi connectivity index (χ0) is 23.8. The van der Waals surface area contributed by atoms with Crippen LogP contribution in [0.15, 0.2) is 67.4 Å². The number of hydrogen-bond acceptors (Lipinski definition) is 5. The van der Waals surface area contributed by atoms with Gasteiger partial charge in [0, 0.05) is 30.6 Å². The van der Waals surface area contributed by atoms with Crippen LogP contribution in [-0.2, 0) is 13.6 Å². The molecule has 3 heterocycles. The van der Waals surface area contributed by atoms with E-state index >= 15 is 0 Å². The molecule has 10 heteroatoms. The van der Waals surface area contributed by atoms with Crippen LogP contribution in [0, 0.1) is 5.82 Å². The van der Waals surface area contributed by atoms with Gasteiger partial charge in [0.25, 0.3) is 6.43 Å². The van der Waals surface area contributed by atoms with Gasteiger partial charge in [-0.3, -0.25) is 4.68 Å². The molecule has 0 aliphatic heterocycles. The van der Waals surface area contributed by atoms with E-state index in [2.05, 4.69) is 15.1 Å². The highest BCUT2D eigenvalue weighted by Crippen LogP contribution is 2.36. The Morgan fingerprint density at radius 3 is 2.50 bits per heavy atom. The number of fused-ring (bicyclic) bond motifs is 1. The number of ether oxygens (including phenoxy) is 1. The van der Waals surface area contributed by atoms with E-state index in [1.807, 2.05) is 37.5 Å². The van der Waals surface area contributed by atoms with Crippen molar-refractivity contribution in [3.63, 3.8) is 0 Å². The van der Waals surface area contributed by atoms with Crippen LogP contribution in [0.2, 0.25) is 0 Å². The Balaban J connectivity index is 1.42. The SMILES string of the molecule is Cn1cc(-c2ccc(Cn3cc4ncnc(Oc5ccc(C(F)F)cc5F)c4c3O)cc2)cn1. The second kappa shape index (κ2) is 8.54. The van der Waals surface area contributed by atoms with Crippen molar-refractivity contribution < 1.29 is 23.0 Å². The Morgan fingerprint density at radius 2 is 1.82 bits per heavy atom. The van der Waals surface area contributed by atoms with Crippen molar-refractivity contribution >= 4 is 10.9 Å². The minimum absolute atomic E-state index is 0.0862. The third kappa shape index (κ3) is 4.05. The number of benzene rings is 2. The number of aryl methyl sites for hydroxylation is 1. The van der Waals surface area contributed by atoms with Crippen LogP contribution < -0.4 is 4.74 Å². The largest absolute Gasteiger partial charge is 0.494 e. The van der Waals surface area contributed by atoms with E-state index in [4.69, 9.17) is 4.74 Å². The lowest BCUT2D eigenvalue weighted by atomic mass is 10.1. The van der Waals surface area contributed by atoms with Gasteiger partial charge in [-0.15, -0.1) is 0 Å². The fraction of sp³-hybridized carbons (Fsp3) is 0.125. The molecule has 1 N–H and O–H groups in total. The molecule has 0 aliphatic rings. The first-order valence-electron chi connectivity index (χ1n) is 10.3. The number of aromatic hydroxyl groups is 1. The van der Waals surface area contributed by atoms with Gasteiger partial charge < -0.3 is 14.4 Å². The average molecular weight is 465 g/mol. The highest BCUT2D eigenvalue weighted by Gasteiger charge is 2.19. The molecule has 0 unspecified atom stereocenters. The second-order valence-corrected chi connectivity index (χ2v) is 7.71. The van der Waals surface area contributed by atoms with Gasteiger partial charge >= 0.3 is 0 Å². The van der Waals surface area contributed by atoms with Gasteiger partial charge in [-0.05, 0) is 29.3 Å². The van der Waals surface area contributed by atoms with Crippen molar-refractivity contribution in [2.75, 3.05) is 0 Å². The van der Waals surface area contributed by atoms with Gasteiger partial charge in [0.1, 0.15) is 11.7 Å². The summed E-state index contributed by atoms with van der Waals surface area (Å²) >= 11 is 0. The van der Waals surface area contributed by atoms with Gasteiger partial charge in [-0.25, -0.2) is 23.1 Å². The second-order valence-electron chi connectivity index (χ2n) is 7.71. The highest BCUT2D eigenvalue weighted by atomic mass is 19.3. The molecule has 2 aromatic carbocycles. The maximum atomic E-state index is 14.3. The number of rotatable bonds is 6. The highest BCUT2D eigenvalue weighted by molar-refractivity contribution is 5.89. The van der Waals surface area contributed by atoms with Crippen LogP contribution in [-0.4, -0.2) is 29.4 Å². The van der Waals surface area contributed by atoms with Crippen LogP contribution in [0.25, 0.3) is 22.0 Å². The standard InChI is InChI=1S/C24H18F3N5O2/c1-31-11-17(9-30-31)15-4-2-14(3-5-15)10-32-12-19-21(24(32)33)23(29-13-28-19)34-20-7-6-16(22(26)27)8-18(20)25/h2-9,11-13,22,33H,10H2,1H3. The first-order chi connectivity index (χ1) is 16.4. The van der Waals surface area contributed by atoms with E-state index < -0.39 is 17.8 Å². The maximum absolute atomic E-state index is 14.3. The lowest BCUT2D eigenvalue weighted by Crippen LogP contribution is -1.97. The molecule has 5 rings (SSSR count). The minimum atomic E-state index is -2.80. The Bertz CT molecular complexity index is 1480. The Morgan fingerprint density at radius 1 is 1.03 bits per heavy atom. The summed E-state index contributed by atoms with van der Waals surface area (Å²) in [7, 11) is 1.85. The lowest BCUT2D eigenvalue weighted by molar-refractivity contribution is 0.151. The number of nitrogens with zero attached hydrogens (tertiary/aromatic N) is 5. The van der Waals surface area contributed by atoms with Gasteiger partial charge in [-0.1, -0.05) is 24.3 Å². The summed E-state index contributed by atoms with van der Waals surface area (Å²) in [5.74, 6) is -1.50. The van der Waals surface area contributed by atoms with Crippen LogP contribution in [0.1, 0.15) is 17.6 Å². The maximum Gasteiger partial charge on any atom is 0.263 e. The molecule has 0 aliphatic carbocycles. The quantitative estimate of drug-likeness (QED) is 0.361. The van der Waals surface area contributed by atoms with Gasteiger partial charge in [-0.2, -0.15) is 5.10 Å². The molecular weight excluding hydrogens is 447 g/mol. The van der Waals surface area contributed by atoms with E-state index in [0.717, 1.165) is 28.8 Å². The first kappa shape index (κ1) is 21.5. The predicted octanol–water partition coefficient (Wildman–Crippen LogP) is 5.45. The van der Waals surface area contributed by atoms with E-state index in [1.54, 1.807) is 21.6 Å². The number of halogens is 3. The Kier molecular flexibility index (Phi) is 5.40. The molecule has 0 saturated carbocycles. The molecule has 0 spiro atoms. The molecule has 172 valence electrons. The van der Waals surface area contributed by atoms with Crippen LogP contribution >= 0.6 is 0 Å². The molecule has 0 atom stereocenters. The normalized spacial score (nSPS) is 11.4. The lowest BCUT2D eigenvalue weighted by Gasteiger charge is -2.09. The van der Waals surface area contributed by atoms with Crippen molar-refractivity contribution in [3.05, 3.63) is 84.3 Å².